The van der Waals surface area contributed by atoms with Crippen LogP contribution < -0.4 is 11.1 Å². The van der Waals surface area contributed by atoms with Crippen LogP contribution in [0, 0.1) is 11.8 Å². The van der Waals surface area contributed by atoms with E-state index in [-0.39, 0.29) is 17.9 Å². The van der Waals surface area contributed by atoms with E-state index in [1.807, 2.05) is 0 Å². The maximum absolute atomic E-state index is 12.2. The Kier molecular flexibility index (Phi) is 6.69. The molecule has 1 aliphatic carbocycles. The fourth-order valence-corrected chi connectivity index (χ4v) is 3.79. The van der Waals surface area contributed by atoms with Gasteiger partial charge in [0.05, 0.1) is 6.04 Å². The number of carbonyl (C=O) groups is 1. The van der Waals surface area contributed by atoms with Crippen LogP contribution in [-0.2, 0) is 4.79 Å². The van der Waals surface area contributed by atoms with Gasteiger partial charge in [0.15, 0.2) is 0 Å². The molecule has 1 aliphatic heterocycles. The van der Waals surface area contributed by atoms with Gasteiger partial charge < -0.3 is 16.0 Å². The van der Waals surface area contributed by atoms with E-state index in [0.717, 1.165) is 31.2 Å². The molecule has 128 valence electrons. The summed E-state index contributed by atoms with van der Waals surface area (Å²) >= 11 is 0. The molecule has 2 unspecified atom stereocenters. The minimum absolute atomic E-state index is 0.0459. The van der Waals surface area contributed by atoms with Gasteiger partial charge in [0.2, 0.25) is 5.91 Å². The SMILES string of the molecule is CCC(C)C(N)C(=O)NC1CCC(N2CCC(C)CC2)CC1. The van der Waals surface area contributed by atoms with E-state index in [1.54, 1.807) is 0 Å². The van der Waals surface area contributed by atoms with E-state index in [4.69, 9.17) is 5.73 Å². The van der Waals surface area contributed by atoms with Crippen molar-refractivity contribution in [3.05, 3.63) is 0 Å². The molecule has 0 bridgehead atoms. The molecule has 4 nitrogen and oxygen atoms in total. The van der Waals surface area contributed by atoms with Gasteiger partial charge in [-0.3, -0.25) is 4.79 Å². The van der Waals surface area contributed by atoms with Gasteiger partial charge in [-0.15, -0.1) is 0 Å². The zero-order chi connectivity index (χ0) is 16.1. The molecule has 2 rings (SSSR count). The molecule has 2 fully saturated rings. The summed E-state index contributed by atoms with van der Waals surface area (Å²) in [6.07, 6.45) is 8.30. The van der Waals surface area contributed by atoms with Crippen molar-refractivity contribution in [3.63, 3.8) is 0 Å². The van der Waals surface area contributed by atoms with E-state index < -0.39 is 0 Å². The highest BCUT2D eigenvalue weighted by Crippen LogP contribution is 2.27. The third-order valence-corrected chi connectivity index (χ3v) is 5.94. The second-order valence-corrected chi connectivity index (χ2v) is 7.64. The first-order valence-corrected chi connectivity index (χ1v) is 9.31. The number of hydrogen-bond donors (Lipinski definition) is 2. The summed E-state index contributed by atoms with van der Waals surface area (Å²) in [4.78, 5) is 14.9. The van der Waals surface area contributed by atoms with Crippen LogP contribution in [0.4, 0.5) is 0 Å². The molecule has 0 aromatic carbocycles. The summed E-state index contributed by atoms with van der Waals surface area (Å²) in [6, 6.07) is 0.720. The lowest BCUT2D eigenvalue weighted by Crippen LogP contribution is -2.51. The number of nitrogens with two attached hydrogens (primary N) is 1. The summed E-state index contributed by atoms with van der Waals surface area (Å²) in [5.41, 5.74) is 6.03. The van der Waals surface area contributed by atoms with Crippen LogP contribution in [0.15, 0.2) is 0 Å². The van der Waals surface area contributed by atoms with E-state index in [2.05, 4.69) is 31.0 Å². The minimum Gasteiger partial charge on any atom is -0.352 e. The fourth-order valence-electron chi connectivity index (χ4n) is 3.79. The zero-order valence-electron chi connectivity index (χ0n) is 14.7. The Morgan fingerprint density at radius 2 is 1.77 bits per heavy atom. The lowest BCUT2D eigenvalue weighted by molar-refractivity contribution is -0.124. The molecule has 2 atom stereocenters. The molecule has 0 aromatic rings. The van der Waals surface area contributed by atoms with Crippen molar-refractivity contribution in [2.45, 2.75) is 83.8 Å². The maximum atomic E-state index is 12.2. The van der Waals surface area contributed by atoms with Crippen molar-refractivity contribution in [2.24, 2.45) is 17.6 Å². The van der Waals surface area contributed by atoms with Gasteiger partial charge in [0.25, 0.3) is 0 Å². The smallest absolute Gasteiger partial charge is 0.237 e. The predicted molar refractivity (Wildman–Crippen MR) is 91.6 cm³/mol. The number of nitrogens with zero attached hydrogens (tertiary/aromatic N) is 1. The van der Waals surface area contributed by atoms with Gasteiger partial charge in [-0.2, -0.15) is 0 Å². The van der Waals surface area contributed by atoms with Crippen molar-refractivity contribution >= 4 is 5.91 Å². The summed E-state index contributed by atoms with van der Waals surface area (Å²) in [5.74, 6) is 1.20. The van der Waals surface area contributed by atoms with Crippen LogP contribution in [0.5, 0.6) is 0 Å². The molecule has 2 aliphatic rings. The molecule has 0 spiro atoms. The highest BCUT2D eigenvalue weighted by Gasteiger charge is 2.29. The van der Waals surface area contributed by atoms with Crippen LogP contribution in [0.1, 0.15) is 65.7 Å². The van der Waals surface area contributed by atoms with Crippen LogP contribution in [0.2, 0.25) is 0 Å². The lowest BCUT2D eigenvalue weighted by atomic mass is 9.87. The Balaban J connectivity index is 1.72. The zero-order valence-corrected chi connectivity index (χ0v) is 14.7. The topological polar surface area (TPSA) is 58.4 Å². The largest absolute Gasteiger partial charge is 0.352 e. The second kappa shape index (κ2) is 8.30. The van der Waals surface area contributed by atoms with Gasteiger partial charge in [-0.1, -0.05) is 27.2 Å². The highest BCUT2D eigenvalue weighted by atomic mass is 16.2. The Morgan fingerprint density at radius 1 is 1.18 bits per heavy atom. The van der Waals surface area contributed by atoms with Crippen molar-refractivity contribution < 1.29 is 4.79 Å². The van der Waals surface area contributed by atoms with Crippen LogP contribution in [-0.4, -0.2) is 42.0 Å². The summed E-state index contributed by atoms with van der Waals surface area (Å²) in [5, 5.41) is 3.18. The van der Waals surface area contributed by atoms with Gasteiger partial charge in [-0.25, -0.2) is 0 Å². The average molecular weight is 309 g/mol. The highest BCUT2D eigenvalue weighted by molar-refractivity contribution is 5.82. The summed E-state index contributed by atoms with van der Waals surface area (Å²) in [7, 11) is 0. The molecular weight excluding hydrogens is 274 g/mol. The summed E-state index contributed by atoms with van der Waals surface area (Å²) in [6.45, 7) is 9.04. The Morgan fingerprint density at radius 3 is 2.32 bits per heavy atom. The number of carbonyl (C=O) groups excluding carboxylic acids is 1. The molecule has 1 saturated heterocycles. The Hall–Kier alpha value is -0.610. The standard InChI is InChI=1S/C18H35N3O/c1-4-14(3)17(19)18(22)20-15-5-7-16(8-6-15)21-11-9-13(2)10-12-21/h13-17H,4-12,19H2,1-3H3,(H,20,22). The maximum Gasteiger partial charge on any atom is 0.237 e. The number of amides is 1. The lowest BCUT2D eigenvalue weighted by Gasteiger charge is -2.40. The number of rotatable bonds is 5. The quantitative estimate of drug-likeness (QED) is 0.820. The fraction of sp³-hybridized carbons (Fsp3) is 0.944. The van der Waals surface area contributed by atoms with E-state index in [0.29, 0.717) is 6.04 Å². The molecule has 0 aromatic heterocycles. The third-order valence-electron chi connectivity index (χ3n) is 5.94. The number of piperidine rings is 1. The van der Waals surface area contributed by atoms with E-state index in [9.17, 15) is 4.79 Å². The van der Waals surface area contributed by atoms with Gasteiger partial charge in [0.1, 0.15) is 0 Å². The normalized spacial score (nSPS) is 30.7. The van der Waals surface area contributed by atoms with Crippen LogP contribution >= 0.6 is 0 Å². The molecule has 4 heteroatoms. The van der Waals surface area contributed by atoms with E-state index >= 15 is 0 Å². The van der Waals surface area contributed by atoms with Gasteiger partial charge >= 0.3 is 0 Å². The second-order valence-electron chi connectivity index (χ2n) is 7.64. The Labute approximate surface area is 136 Å². The van der Waals surface area contributed by atoms with Crippen LogP contribution in [0.25, 0.3) is 0 Å². The number of likely N-dealkylation sites (tertiary alicyclic amines) is 1. The molecule has 1 saturated carbocycles. The van der Waals surface area contributed by atoms with Gasteiger partial charge in [0, 0.05) is 12.1 Å². The molecular formula is C18H35N3O. The minimum atomic E-state index is -0.355. The van der Waals surface area contributed by atoms with E-state index in [1.165, 1.54) is 38.8 Å². The van der Waals surface area contributed by atoms with Crippen molar-refractivity contribution in [2.75, 3.05) is 13.1 Å². The Bertz CT molecular complexity index is 344. The molecule has 1 heterocycles. The van der Waals surface area contributed by atoms with Crippen molar-refractivity contribution in [3.8, 4) is 0 Å². The number of nitrogens with one attached hydrogen (secondary N) is 1. The van der Waals surface area contributed by atoms with Crippen LogP contribution in [0.3, 0.4) is 0 Å². The predicted octanol–water partition coefficient (Wildman–Crippen LogP) is 2.52. The summed E-state index contributed by atoms with van der Waals surface area (Å²) < 4.78 is 0. The van der Waals surface area contributed by atoms with Crippen molar-refractivity contribution in [1.82, 2.24) is 10.2 Å². The first-order chi connectivity index (χ1) is 10.5. The molecule has 22 heavy (non-hydrogen) atoms. The van der Waals surface area contributed by atoms with Crippen molar-refractivity contribution in [1.29, 1.82) is 0 Å². The first kappa shape index (κ1) is 17.7. The monoisotopic (exact) mass is 309 g/mol. The third kappa shape index (κ3) is 4.69. The molecule has 3 N–H and O–H groups in total. The average Bonchev–Trinajstić information content (AvgIpc) is 2.55. The first-order valence-electron chi connectivity index (χ1n) is 9.31. The van der Waals surface area contributed by atoms with Gasteiger partial charge in [-0.05, 0) is 63.5 Å². The molecule has 0 radical (unpaired) electrons. The molecule has 1 amide bonds. The number of hydrogen-bond acceptors (Lipinski definition) is 3.